The standard InChI is InChI=1S/C24H25F3N4O5/c1-13(32)14-2-5-19(18(8-14)24(25,26)27)36-17-4-3-16(28-12-17)11-30-22(35)23(6-7-23)31-21(34)15-9-20(33)29-10-15/h2-5,8,12-13,15,32H,6-7,9-11H2,1H3,(H,29,33)(H,30,35)(H,31,34). The predicted molar refractivity (Wildman–Crippen MR) is 119 cm³/mol. The third-order valence-electron chi connectivity index (χ3n) is 6.14. The van der Waals surface area contributed by atoms with Gasteiger partial charge in [0.25, 0.3) is 0 Å². The fraction of sp³-hybridized carbons (Fsp3) is 0.417. The van der Waals surface area contributed by atoms with Crippen LogP contribution in [0.1, 0.15) is 49.1 Å². The maximum Gasteiger partial charge on any atom is 0.419 e. The van der Waals surface area contributed by atoms with Crippen LogP contribution in [0.5, 0.6) is 11.5 Å². The lowest BCUT2D eigenvalue weighted by atomic mass is 10.1. The van der Waals surface area contributed by atoms with Crippen molar-refractivity contribution in [2.75, 3.05) is 6.54 Å². The van der Waals surface area contributed by atoms with Crippen LogP contribution >= 0.6 is 0 Å². The summed E-state index contributed by atoms with van der Waals surface area (Å²) in [6.07, 6.45) is -3.46. The van der Waals surface area contributed by atoms with Crippen LogP contribution in [-0.4, -0.2) is 39.9 Å². The fourth-order valence-electron chi connectivity index (χ4n) is 3.82. The molecule has 1 aliphatic carbocycles. The van der Waals surface area contributed by atoms with Gasteiger partial charge in [-0.05, 0) is 49.6 Å². The highest BCUT2D eigenvalue weighted by Crippen LogP contribution is 2.39. The number of nitrogens with one attached hydrogen (secondary N) is 3. The van der Waals surface area contributed by atoms with E-state index in [1.54, 1.807) is 0 Å². The Morgan fingerprint density at radius 2 is 2.03 bits per heavy atom. The molecule has 1 saturated heterocycles. The molecule has 2 unspecified atom stereocenters. The highest BCUT2D eigenvalue weighted by molar-refractivity contribution is 5.96. The minimum absolute atomic E-state index is 0.0388. The van der Waals surface area contributed by atoms with Gasteiger partial charge in [0, 0.05) is 13.0 Å². The van der Waals surface area contributed by atoms with E-state index in [0.29, 0.717) is 18.5 Å². The number of nitrogens with zero attached hydrogens (tertiary/aromatic N) is 1. The molecule has 1 saturated carbocycles. The first-order valence-corrected chi connectivity index (χ1v) is 11.4. The molecule has 0 spiro atoms. The van der Waals surface area contributed by atoms with Crippen molar-refractivity contribution in [3.8, 4) is 11.5 Å². The van der Waals surface area contributed by atoms with Crippen molar-refractivity contribution in [2.24, 2.45) is 5.92 Å². The van der Waals surface area contributed by atoms with Gasteiger partial charge in [-0.2, -0.15) is 13.2 Å². The molecule has 4 rings (SSSR count). The number of rotatable bonds is 8. The van der Waals surface area contributed by atoms with Crippen LogP contribution in [0, 0.1) is 5.92 Å². The van der Waals surface area contributed by atoms with Crippen molar-refractivity contribution in [1.82, 2.24) is 20.9 Å². The molecule has 12 heteroatoms. The first-order chi connectivity index (χ1) is 17.0. The number of hydrogen-bond donors (Lipinski definition) is 4. The number of carbonyl (C=O) groups is 3. The first-order valence-electron chi connectivity index (χ1n) is 11.4. The Morgan fingerprint density at radius 1 is 1.28 bits per heavy atom. The average molecular weight is 506 g/mol. The summed E-state index contributed by atoms with van der Waals surface area (Å²) in [6.45, 7) is 1.65. The largest absolute Gasteiger partial charge is 0.455 e. The second-order valence-electron chi connectivity index (χ2n) is 8.98. The molecule has 2 heterocycles. The summed E-state index contributed by atoms with van der Waals surface area (Å²) in [6, 6.07) is 6.25. The molecule has 192 valence electrons. The lowest BCUT2D eigenvalue weighted by molar-refractivity contribution is -0.138. The molecular weight excluding hydrogens is 481 g/mol. The highest BCUT2D eigenvalue weighted by Gasteiger charge is 2.52. The smallest absolute Gasteiger partial charge is 0.419 e. The summed E-state index contributed by atoms with van der Waals surface area (Å²) in [5.41, 5.74) is -1.48. The number of pyridine rings is 1. The number of carbonyl (C=O) groups excluding carboxylic acids is 3. The number of amides is 3. The van der Waals surface area contributed by atoms with Crippen molar-refractivity contribution < 1.29 is 37.4 Å². The SMILES string of the molecule is CC(O)c1ccc(Oc2ccc(CNC(=O)C3(NC(=O)C4CNC(=O)C4)CC3)nc2)c(C(F)(F)F)c1. The normalized spacial score (nSPS) is 19.2. The van der Waals surface area contributed by atoms with E-state index in [2.05, 4.69) is 20.9 Å². The Morgan fingerprint density at radius 3 is 2.58 bits per heavy atom. The van der Waals surface area contributed by atoms with Gasteiger partial charge in [-0.1, -0.05) is 6.07 Å². The molecule has 2 aromatic rings. The van der Waals surface area contributed by atoms with E-state index in [-0.39, 0.29) is 48.5 Å². The summed E-state index contributed by atoms with van der Waals surface area (Å²) >= 11 is 0. The Hall–Kier alpha value is -3.67. The molecule has 1 aliphatic heterocycles. The van der Waals surface area contributed by atoms with Gasteiger partial charge in [-0.15, -0.1) is 0 Å². The number of aromatic nitrogens is 1. The Labute approximate surface area is 204 Å². The number of aliphatic hydroxyl groups is 1. The zero-order valence-corrected chi connectivity index (χ0v) is 19.3. The van der Waals surface area contributed by atoms with Crippen molar-refractivity contribution in [3.05, 3.63) is 53.3 Å². The average Bonchev–Trinajstić information content (AvgIpc) is 3.48. The summed E-state index contributed by atoms with van der Waals surface area (Å²) in [7, 11) is 0. The number of hydrogen-bond acceptors (Lipinski definition) is 6. The third-order valence-corrected chi connectivity index (χ3v) is 6.14. The van der Waals surface area contributed by atoms with Crippen LogP contribution in [0.3, 0.4) is 0 Å². The molecule has 0 radical (unpaired) electrons. The zero-order chi connectivity index (χ0) is 26.1. The summed E-state index contributed by atoms with van der Waals surface area (Å²) in [4.78, 5) is 40.4. The molecule has 36 heavy (non-hydrogen) atoms. The predicted octanol–water partition coefficient (Wildman–Crippen LogP) is 2.35. The molecule has 9 nitrogen and oxygen atoms in total. The van der Waals surface area contributed by atoms with Crippen LogP contribution in [0.15, 0.2) is 36.5 Å². The van der Waals surface area contributed by atoms with E-state index in [0.717, 1.165) is 12.1 Å². The van der Waals surface area contributed by atoms with Gasteiger partial charge < -0.3 is 25.8 Å². The van der Waals surface area contributed by atoms with Gasteiger partial charge in [-0.25, -0.2) is 0 Å². The Balaban J connectivity index is 1.34. The Bertz CT molecular complexity index is 1160. The lowest BCUT2D eigenvalue weighted by Gasteiger charge is -2.19. The van der Waals surface area contributed by atoms with Gasteiger partial charge in [0.1, 0.15) is 17.0 Å². The van der Waals surface area contributed by atoms with Crippen LogP contribution in [-0.2, 0) is 27.1 Å². The quantitative estimate of drug-likeness (QED) is 0.435. The van der Waals surface area contributed by atoms with E-state index in [9.17, 15) is 32.7 Å². The van der Waals surface area contributed by atoms with Gasteiger partial charge in [-0.3, -0.25) is 19.4 Å². The zero-order valence-electron chi connectivity index (χ0n) is 19.3. The van der Waals surface area contributed by atoms with Crippen LogP contribution in [0.25, 0.3) is 0 Å². The van der Waals surface area contributed by atoms with Gasteiger partial charge in [0.15, 0.2) is 0 Å². The highest BCUT2D eigenvalue weighted by atomic mass is 19.4. The maximum absolute atomic E-state index is 13.5. The van der Waals surface area contributed by atoms with E-state index >= 15 is 0 Å². The maximum atomic E-state index is 13.5. The van der Waals surface area contributed by atoms with Crippen molar-refractivity contribution in [3.63, 3.8) is 0 Å². The fourth-order valence-corrected chi connectivity index (χ4v) is 3.82. The summed E-state index contributed by atoms with van der Waals surface area (Å²) < 4.78 is 45.8. The van der Waals surface area contributed by atoms with Crippen molar-refractivity contribution in [2.45, 2.75) is 50.6 Å². The molecule has 3 amide bonds. The monoisotopic (exact) mass is 506 g/mol. The molecule has 1 aromatic carbocycles. The Kier molecular flexibility index (Phi) is 6.90. The number of aliphatic hydroxyl groups excluding tert-OH is 1. The van der Waals surface area contributed by atoms with E-state index in [1.807, 2.05) is 0 Å². The van der Waals surface area contributed by atoms with Crippen molar-refractivity contribution >= 4 is 17.7 Å². The number of halogens is 3. The van der Waals surface area contributed by atoms with Crippen molar-refractivity contribution in [1.29, 1.82) is 0 Å². The first kappa shape index (κ1) is 25.4. The van der Waals surface area contributed by atoms with E-state index in [4.69, 9.17) is 4.74 Å². The van der Waals surface area contributed by atoms with E-state index < -0.39 is 35.1 Å². The molecule has 2 atom stereocenters. The molecule has 1 aromatic heterocycles. The number of ether oxygens (including phenoxy) is 1. The second kappa shape index (κ2) is 9.76. The summed E-state index contributed by atoms with van der Waals surface area (Å²) in [5.74, 6) is -1.79. The second-order valence-corrected chi connectivity index (χ2v) is 8.98. The third kappa shape index (κ3) is 5.76. The number of alkyl halides is 3. The van der Waals surface area contributed by atoms with Gasteiger partial charge >= 0.3 is 6.18 Å². The summed E-state index contributed by atoms with van der Waals surface area (Å²) in [5, 5.41) is 17.6. The van der Waals surface area contributed by atoms with E-state index in [1.165, 1.54) is 31.3 Å². The number of benzene rings is 1. The molecule has 0 bridgehead atoms. The molecule has 2 aliphatic rings. The topological polar surface area (TPSA) is 130 Å². The molecular formula is C24H25F3N4O5. The molecule has 2 fully saturated rings. The van der Waals surface area contributed by atoms with Gasteiger partial charge in [0.2, 0.25) is 17.7 Å². The van der Waals surface area contributed by atoms with Gasteiger partial charge in [0.05, 0.1) is 36.0 Å². The van der Waals surface area contributed by atoms with Crippen LogP contribution in [0.4, 0.5) is 13.2 Å². The van der Waals surface area contributed by atoms with Crippen LogP contribution in [0.2, 0.25) is 0 Å². The minimum Gasteiger partial charge on any atom is -0.455 e. The molecule has 4 N–H and O–H groups in total. The van der Waals surface area contributed by atoms with Crippen LogP contribution < -0.4 is 20.7 Å². The minimum atomic E-state index is -4.68. The lowest BCUT2D eigenvalue weighted by Crippen LogP contribution is -2.50.